The molecule has 0 aromatic heterocycles. The molecule has 0 unspecified atom stereocenters. The Hall–Kier alpha value is -2.47. The molecule has 0 aliphatic heterocycles. The lowest BCUT2D eigenvalue weighted by Crippen LogP contribution is -2.31. The first-order valence-electron chi connectivity index (χ1n) is 7.36. The molecule has 0 amide bonds. The van der Waals surface area contributed by atoms with E-state index in [1.54, 1.807) is 62.8 Å². The van der Waals surface area contributed by atoms with Crippen LogP contribution in [-0.4, -0.2) is 29.2 Å². The van der Waals surface area contributed by atoms with Crippen molar-refractivity contribution in [1.29, 1.82) is 0 Å². The maximum Gasteiger partial charge on any atom is 0.264 e. The molecule has 0 heterocycles. The van der Waals surface area contributed by atoms with Gasteiger partial charge in [0, 0.05) is 0 Å². The average Bonchev–Trinajstić information content (AvgIpc) is 2.59. The molecule has 24 heavy (non-hydrogen) atoms. The van der Waals surface area contributed by atoms with Gasteiger partial charge in [0.05, 0.1) is 31.3 Å². The van der Waals surface area contributed by atoms with E-state index in [9.17, 15) is 8.42 Å². The number of hydrogen-bond donors (Lipinski definition) is 0. The zero-order chi connectivity index (χ0) is 17.7. The van der Waals surface area contributed by atoms with Crippen molar-refractivity contribution < 1.29 is 17.9 Å². The van der Waals surface area contributed by atoms with Crippen LogP contribution in [-0.2, 0) is 10.0 Å². The molecule has 0 spiro atoms. The van der Waals surface area contributed by atoms with Crippen molar-refractivity contribution in [3.63, 3.8) is 0 Å². The highest BCUT2D eigenvalue weighted by Crippen LogP contribution is 2.28. The normalized spacial score (nSPS) is 11.0. The molecule has 128 valence electrons. The van der Waals surface area contributed by atoms with Crippen LogP contribution in [0.25, 0.3) is 0 Å². The van der Waals surface area contributed by atoms with E-state index in [4.69, 9.17) is 9.47 Å². The molecule has 5 nitrogen and oxygen atoms in total. The van der Waals surface area contributed by atoms with E-state index in [0.29, 0.717) is 17.2 Å². The molecule has 0 aliphatic carbocycles. The molecule has 0 bridgehead atoms. The SMILES string of the molecule is C=CCN(c1ccc(OC)cc1)S(=O)(=O)c1ccc(OC)c(C)c1. The molecule has 0 saturated heterocycles. The van der Waals surface area contributed by atoms with Gasteiger partial charge in [-0.25, -0.2) is 8.42 Å². The van der Waals surface area contributed by atoms with Gasteiger partial charge in [-0.2, -0.15) is 0 Å². The van der Waals surface area contributed by atoms with Crippen molar-refractivity contribution in [3.8, 4) is 11.5 Å². The van der Waals surface area contributed by atoms with Gasteiger partial charge in [-0.1, -0.05) is 6.08 Å². The summed E-state index contributed by atoms with van der Waals surface area (Å²) in [4.78, 5) is 0.207. The predicted molar refractivity (Wildman–Crippen MR) is 95.5 cm³/mol. The summed E-state index contributed by atoms with van der Waals surface area (Å²) in [7, 11) is -0.601. The largest absolute Gasteiger partial charge is 0.497 e. The third-order valence-corrected chi connectivity index (χ3v) is 5.40. The summed E-state index contributed by atoms with van der Waals surface area (Å²) >= 11 is 0. The molecule has 0 N–H and O–H groups in total. The Morgan fingerprint density at radius 1 is 1.08 bits per heavy atom. The topological polar surface area (TPSA) is 55.8 Å². The molecule has 6 heteroatoms. The minimum Gasteiger partial charge on any atom is -0.497 e. The molecular formula is C18H21NO4S. The summed E-state index contributed by atoms with van der Waals surface area (Å²) in [6.45, 7) is 5.64. The Morgan fingerprint density at radius 3 is 2.25 bits per heavy atom. The third-order valence-electron chi connectivity index (χ3n) is 3.61. The van der Waals surface area contributed by atoms with E-state index >= 15 is 0 Å². The van der Waals surface area contributed by atoms with Gasteiger partial charge >= 0.3 is 0 Å². The van der Waals surface area contributed by atoms with E-state index < -0.39 is 10.0 Å². The van der Waals surface area contributed by atoms with Crippen LogP contribution in [0.4, 0.5) is 5.69 Å². The molecule has 0 saturated carbocycles. The number of benzene rings is 2. The van der Waals surface area contributed by atoms with Gasteiger partial charge in [-0.3, -0.25) is 4.31 Å². The Labute approximate surface area is 143 Å². The number of aryl methyl sites for hydroxylation is 1. The van der Waals surface area contributed by atoms with Crippen LogP contribution in [0.2, 0.25) is 0 Å². The van der Waals surface area contributed by atoms with Crippen LogP contribution in [0, 0.1) is 6.92 Å². The van der Waals surface area contributed by atoms with Gasteiger partial charge < -0.3 is 9.47 Å². The molecule has 0 fully saturated rings. The summed E-state index contributed by atoms with van der Waals surface area (Å²) in [5.41, 5.74) is 1.30. The van der Waals surface area contributed by atoms with Crippen molar-refractivity contribution in [2.45, 2.75) is 11.8 Å². The van der Waals surface area contributed by atoms with Gasteiger partial charge in [0.15, 0.2) is 0 Å². The number of sulfonamides is 1. The van der Waals surface area contributed by atoms with Crippen molar-refractivity contribution in [1.82, 2.24) is 0 Å². The smallest absolute Gasteiger partial charge is 0.264 e. The van der Waals surface area contributed by atoms with Crippen LogP contribution < -0.4 is 13.8 Å². The molecule has 2 aromatic rings. The summed E-state index contributed by atoms with van der Waals surface area (Å²) in [6, 6.07) is 11.7. The van der Waals surface area contributed by atoms with Gasteiger partial charge in [-0.15, -0.1) is 6.58 Å². The van der Waals surface area contributed by atoms with E-state index in [-0.39, 0.29) is 11.4 Å². The van der Waals surface area contributed by atoms with Crippen molar-refractivity contribution in [2.75, 3.05) is 25.1 Å². The van der Waals surface area contributed by atoms with Crippen molar-refractivity contribution in [3.05, 3.63) is 60.7 Å². The summed E-state index contributed by atoms with van der Waals surface area (Å²) in [5, 5.41) is 0. The van der Waals surface area contributed by atoms with Gasteiger partial charge in [0.2, 0.25) is 0 Å². The lowest BCUT2D eigenvalue weighted by atomic mass is 10.2. The lowest BCUT2D eigenvalue weighted by molar-refractivity contribution is 0.411. The molecule has 0 atom stereocenters. The Balaban J connectivity index is 2.48. The van der Waals surface area contributed by atoms with Crippen LogP contribution in [0.1, 0.15) is 5.56 Å². The average molecular weight is 347 g/mol. The molecular weight excluding hydrogens is 326 g/mol. The third kappa shape index (κ3) is 3.54. The second-order valence-corrected chi connectivity index (χ2v) is 7.02. The molecule has 2 aromatic carbocycles. The Kier molecular flexibility index (Phi) is 5.51. The number of rotatable bonds is 7. The van der Waals surface area contributed by atoms with Crippen LogP contribution in [0.15, 0.2) is 60.0 Å². The monoisotopic (exact) mass is 347 g/mol. The summed E-state index contributed by atoms with van der Waals surface area (Å²) in [6.07, 6.45) is 1.55. The first kappa shape index (κ1) is 17.9. The zero-order valence-corrected chi connectivity index (χ0v) is 14.8. The van der Waals surface area contributed by atoms with E-state index in [1.807, 2.05) is 6.92 Å². The predicted octanol–water partition coefficient (Wildman–Crippen LogP) is 3.39. The minimum absolute atomic E-state index is 0.166. The second kappa shape index (κ2) is 7.40. The highest BCUT2D eigenvalue weighted by molar-refractivity contribution is 7.92. The first-order chi connectivity index (χ1) is 11.4. The van der Waals surface area contributed by atoms with E-state index in [0.717, 1.165) is 5.56 Å². The fraction of sp³-hybridized carbons (Fsp3) is 0.222. The minimum atomic E-state index is -3.72. The maximum absolute atomic E-state index is 13.0. The number of anilines is 1. The number of ether oxygens (including phenoxy) is 2. The van der Waals surface area contributed by atoms with Crippen LogP contribution in [0.3, 0.4) is 0 Å². The summed E-state index contributed by atoms with van der Waals surface area (Å²) < 4.78 is 37.7. The second-order valence-electron chi connectivity index (χ2n) is 5.15. The number of hydrogen-bond acceptors (Lipinski definition) is 4. The molecule has 2 rings (SSSR count). The van der Waals surface area contributed by atoms with Crippen LogP contribution in [0.5, 0.6) is 11.5 Å². The number of methoxy groups -OCH3 is 2. The fourth-order valence-corrected chi connectivity index (χ4v) is 3.87. The first-order valence-corrected chi connectivity index (χ1v) is 8.80. The van der Waals surface area contributed by atoms with Crippen molar-refractivity contribution in [2.24, 2.45) is 0 Å². The van der Waals surface area contributed by atoms with Gasteiger partial charge in [-0.05, 0) is 55.0 Å². The van der Waals surface area contributed by atoms with Gasteiger partial charge in [0.1, 0.15) is 11.5 Å². The quantitative estimate of drug-likeness (QED) is 0.721. The fourth-order valence-electron chi connectivity index (χ4n) is 2.35. The van der Waals surface area contributed by atoms with E-state index in [1.165, 1.54) is 4.31 Å². The Bertz CT molecular complexity index is 813. The molecule has 0 aliphatic rings. The standard InChI is InChI=1S/C18H21NO4S/c1-5-12-19(15-6-8-16(22-3)9-7-15)24(20,21)17-10-11-18(23-4)14(2)13-17/h5-11,13H,1,12H2,2-4H3. The maximum atomic E-state index is 13.0. The highest BCUT2D eigenvalue weighted by atomic mass is 32.2. The lowest BCUT2D eigenvalue weighted by Gasteiger charge is -2.23. The van der Waals surface area contributed by atoms with Crippen LogP contribution >= 0.6 is 0 Å². The Morgan fingerprint density at radius 2 is 1.75 bits per heavy atom. The van der Waals surface area contributed by atoms with Crippen molar-refractivity contribution >= 4 is 15.7 Å². The van der Waals surface area contributed by atoms with E-state index in [2.05, 4.69) is 6.58 Å². The number of nitrogens with zero attached hydrogens (tertiary/aromatic N) is 1. The molecule has 0 radical (unpaired) electrons. The van der Waals surface area contributed by atoms with Gasteiger partial charge in [0.25, 0.3) is 10.0 Å². The summed E-state index contributed by atoms with van der Waals surface area (Å²) in [5.74, 6) is 1.31. The highest BCUT2D eigenvalue weighted by Gasteiger charge is 2.24. The zero-order valence-electron chi connectivity index (χ0n) is 14.0.